The van der Waals surface area contributed by atoms with E-state index in [0.717, 1.165) is 5.71 Å². The normalized spacial score (nSPS) is 13.2. The molecule has 1 aromatic rings. The lowest BCUT2D eigenvalue weighted by atomic mass is 10.2. The summed E-state index contributed by atoms with van der Waals surface area (Å²) in [7, 11) is 0. The molecule has 1 aromatic carbocycles. The Morgan fingerprint density at radius 3 is 2.80 bits per heavy atom. The molecular formula is C14H11N5O. The number of rotatable bonds is 3. The van der Waals surface area contributed by atoms with Crippen LogP contribution in [0.3, 0.4) is 0 Å². The van der Waals surface area contributed by atoms with Gasteiger partial charge in [-0.05, 0) is 25.1 Å². The predicted molar refractivity (Wildman–Crippen MR) is 74.6 cm³/mol. The maximum Gasteiger partial charge on any atom is 0.253 e. The van der Waals surface area contributed by atoms with Gasteiger partial charge in [0.1, 0.15) is 17.7 Å². The van der Waals surface area contributed by atoms with E-state index in [1.807, 2.05) is 0 Å². The molecule has 0 fully saturated rings. The average molecular weight is 265 g/mol. The van der Waals surface area contributed by atoms with Gasteiger partial charge in [0, 0.05) is 17.6 Å². The van der Waals surface area contributed by atoms with Gasteiger partial charge in [-0.15, -0.1) is 0 Å². The van der Waals surface area contributed by atoms with E-state index in [1.54, 1.807) is 43.3 Å². The Balaban J connectivity index is 2.22. The Hall–Kier alpha value is -3.12. The van der Waals surface area contributed by atoms with Crippen molar-refractivity contribution >= 4 is 23.0 Å². The van der Waals surface area contributed by atoms with Crippen molar-refractivity contribution in [2.24, 2.45) is 5.10 Å². The highest BCUT2D eigenvalue weighted by molar-refractivity contribution is 6.12. The molecule has 0 unspecified atom stereocenters. The first-order valence-electron chi connectivity index (χ1n) is 5.88. The van der Waals surface area contributed by atoms with Crippen LogP contribution in [0.1, 0.15) is 13.3 Å². The van der Waals surface area contributed by atoms with Gasteiger partial charge in [-0.3, -0.25) is 4.79 Å². The lowest BCUT2D eigenvalue weighted by Crippen LogP contribution is -2.19. The highest BCUT2D eigenvalue weighted by Crippen LogP contribution is 2.23. The average Bonchev–Trinajstić information content (AvgIpc) is 2.79. The number of benzene rings is 1. The molecule has 1 heterocycles. The lowest BCUT2D eigenvalue weighted by molar-refractivity contribution is -0.116. The van der Waals surface area contributed by atoms with Crippen molar-refractivity contribution < 1.29 is 4.79 Å². The minimum absolute atomic E-state index is 0.0264. The summed E-state index contributed by atoms with van der Waals surface area (Å²) < 4.78 is 0. The van der Waals surface area contributed by atoms with Crippen LogP contribution in [0.2, 0.25) is 0 Å². The Bertz CT molecular complexity index is 674. The van der Waals surface area contributed by atoms with Crippen LogP contribution in [0.15, 0.2) is 41.1 Å². The van der Waals surface area contributed by atoms with Crippen LogP contribution in [0.4, 0.5) is 11.4 Å². The zero-order valence-corrected chi connectivity index (χ0v) is 10.8. The summed E-state index contributed by atoms with van der Waals surface area (Å²) in [5.74, 6) is -0.0788. The molecule has 1 aliphatic rings. The molecule has 0 radical (unpaired) electrons. The number of allylic oxidation sites excluding steroid dienone is 1. The number of hydrazone groups is 1. The van der Waals surface area contributed by atoms with Gasteiger partial charge in [0.25, 0.3) is 5.91 Å². The summed E-state index contributed by atoms with van der Waals surface area (Å²) in [6.45, 7) is 1.80. The van der Waals surface area contributed by atoms with E-state index in [0.29, 0.717) is 17.8 Å². The van der Waals surface area contributed by atoms with Gasteiger partial charge >= 0.3 is 0 Å². The van der Waals surface area contributed by atoms with E-state index in [4.69, 9.17) is 10.5 Å². The monoisotopic (exact) mass is 265 g/mol. The van der Waals surface area contributed by atoms with Gasteiger partial charge in [0.15, 0.2) is 0 Å². The van der Waals surface area contributed by atoms with E-state index in [9.17, 15) is 4.79 Å². The number of nitriles is 2. The first-order valence-corrected chi connectivity index (χ1v) is 5.88. The molecule has 0 spiro atoms. The SMILES string of the molecule is CC1=NN(c2cccc(NC=C(C#N)C#N)c2)C(=O)C1. The van der Waals surface area contributed by atoms with Crippen LogP contribution in [0.25, 0.3) is 0 Å². The minimum atomic E-state index is -0.0788. The Labute approximate surface area is 116 Å². The zero-order chi connectivity index (χ0) is 14.5. The number of anilines is 2. The largest absolute Gasteiger partial charge is 0.360 e. The van der Waals surface area contributed by atoms with Crippen LogP contribution < -0.4 is 10.3 Å². The minimum Gasteiger partial charge on any atom is -0.360 e. The van der Waals surface area contributed by atoms with E-state index < -0.39 is 0 Å². The number of carbonyl (C=O) groups is 1. The molecule has 0 aromatic heterocycles. The van der Waals surface area contributed by atoms with Gasteiger partial charge in [-0.1, -0.05) is 6.07 Å². The van der Waals surface area contributed by atoms with E-state index in [2.05, 4.69) is 10.4 Å². The molecule has 2 rings (SSSR count). The predicted octanol–water partition coefficient (Wildman–Crippen LogP) is 2.14. The van der Waals surface area contributed by atoms with E-state index in [1.165, 1.54) is 11.2 Å². The molecule has 6 nitrogen and oxygen atoms in total. The van der Waals surface area contributed by atoms with Crippen LogP contribution >= 0.6 is 0 Å². The maximum absolute atomic E-state index is 11.7. The summed E-state index contributed by atoms with van der Waals surface area (Å²) in [6, 6.07) is 10.5. The van der Waals surface area contributed by atoms with Crippen LogP contribution in [-0.2, 0) is 4.79 Å². The topological polar surface area (TPSA) is 92.3 Å². The molecule has 0 saturated heterocycles. The van der Waals surface area contributed by atoms with Crippen molar-refractivity contribution in [2.75, 3.05) is 10.3 Å². The van der Waals surface area contributed by atoms with Crippen molar-refractivity contribution in [1.29, 1.82) is 10.5 Å². The molecule has 0 aliphatic carbocycles. The fourth-order valence-corrected chi connectivity index (χ4v) is 1.73. The summed E-state index contributed by atoms with van der Waals surface area (Å²) in [5, 5.41) is 25.6. The van der Waals surface area contributed by atoms with Gasteiger partial charge in [0.2, 0.25) is 0 Å². The fourth-order valence-electron chi connectivity index (χ4n) is 1.73. The standard InChI is InChI=1S/C14H11N5O/c1-10-5-14(20)19(18-10)13-4-2-3-12(6-13)17-9-11(7-15)8-16/h2-4,6,9,17H,5H2,1H3. The number of nitrogens with one attached hydrogen (secondary N) is 1. The molecule has 0 bridgehead atoms. The second kappa shape index (κ2) is 5.68. The highest BCUT2D eigenvalue weighted by Gasteiger charge is 2.22. The fraction of sp³-hybridized carbons (Fsp3) is 0.143. The summed E-state index contributed by atoms with van der Waals surface area (Å²) in [6.07, 6.45) is 1.64. The zero-order valence-electron chi connectivity index (χ0n) is 10.8. The molecule has 0 atom stereocenters. The molecular weight excluding hydrogens is 254 g/mol. The smallest absolute Gasteiger partial charge is 0.253 e. The molecule has 1 N–H and O–H groups in total. The van der Waals surface area contributed by atoms with Crippen molar-refractivity contribution in [2.45, 2.75) is 13.3 Å². The van der Waals surface area contributed by atoms with Crippen LogP contribution in [-0.4, -0.2) is 11.6 Å². The molecule has 20 heavy (non-hydrogen) atoms. The highest BCUT2D eigenvalue weighted by atomic mass is 16.2. The number of hydrogen-bond donors (Lipinski definition) is 1. The third kappa shape index (κ3) is 2.82. The Morgan fingerprint density at radius 2 is 2.20 bits per heavy atom. The van der Waals surface area contributed by atoms with Crippen LogP contribution in [0, 0.1) is 22.7 Å². The third-order valence-electron chi connectivity index (χ3n) is 2.63. The third-order valence-corrected chi connectivity index (χ3v) is 2.63. The van der Waals surface area contributed by atoms with Gasteiger partial charge in [-0.2, -0.15) is 15.6 Å². The van der Waals surface area contributed by atoms with E-state index in [-0.39, 0.29) is 11.5 Å². The first-order chi connectivity index (χ1) is 9.63. The number of hydrogen-bond acceptors (Lipinski definition) is 5. The molecule has 1 amide bonds. The Kier molecular flexibility index (Phi) is 3.78. The van der Waals surface area contributed by atoms with Gasteiger partial charge in [-0.25, -0.2) is 5.01 Å². The second-order valence-electron chi connectivity index (χ2n) is 4.19. The summed E-state index contributed by atoms with van der Waals surface area (Å²) in [5.41, 5.74) is 2.05. The van der Waals surface area contributed by atoms with Crippen LogP contribution in [0.5, 0.6) is 0 Å². The van der Waals surface area contributed by atoms with Crippen molar-refractivity contribution in [3.63, 3.8) is 0 Å². The number of nitrogens with zero attached hydrogens (tertiary/aromatic N) is 4. The molecule has 98 valence electrons. The Morgan fingerprint density at radius 1 is 1.45 bits per heavy atom. The van der Waals surface area contributed by atoms with Crippen molar-refractivity contribution in [3.05, 3.63) is 36.0 Å². The van der Waals surface area contributed by atoms with Crippen molar-refractivity contribution in [1.82, 2.24) is 0 Å². The number of amides is 1. The second-order valence-corrected chi connectivity index (χ2v) is 4.19. The molecule has 6 heteroatoms. The molecule has 0 saturated carbocycles. The lowest BCUT2D eigenvalue weighted by Gasteiger charge is -2.12. The summed E-state index contributed by atoms with van der Waals surface area (Å²) in [4.78, 5) is 11.7. The summed E-state index contributed by atoms with van der Waals surface area (Å²) >= 11 is 0. The first kappa shape index (κ1) is 13.3. The quantitative estimate of drug-likeness (QED) is 0.847. The van der Waals surface area contributed by atoms with Crippen molar-refractivity contribution in [3.8, 4) is 12.1 Å². The molecule has 1 aliphatic heterocycles. The number of carbonyl (C=O) groups excluding carboxylic acids is 1. The maximum atomic E-state index is 11.7. The van der Waals surface area contributed by atoms with Gasteiger partial charge in [0.05, 0.1) is 12.1 Å². The van der Waals surface area contributed by atoms with E-state index >= 15 is 0 Å². The van der Waals surface area contributed by atoms with Gasteiger partial charge < -0.3 is 5.32 Å².